The topological polar surface area (TPSA) is 86.7 Å². The third-order valence-electron chi connectivity index (χ3n) is 4.20. The normalized spacial score (nSPS) is 16.6. The lowest BCUT2D eigenvalue weighted by molar-refractivity contribution is -0.138. The Kier molecular flexibility index (Phi) is 9.06. The molecule has 1 aliphatic rings. The van der Waals surface area contributed by atoms with Crippen LogP contribution in [0.4, 0.5) is 4.79 Å². The van der Waals surface area contributed by atoms with Gasteiger partial charge < -0.3 is 15.3 Å². The van der Waals surface area contributed by atoms with Crippen LogP contribution in [0.3, 0.4) is 0 Å². The van der Waals surface area contributed by atoms with Gasteiger partial charge in [-0.25, -0.2) is 4.79 Å². The van der Waals surface area contributed by atoms with Gasteiger partial charge in [0.15, 0.2) is 5.12 Å². The number of carboxylic acids is 1. The average Bonchev–Trinajstić information content (AvgIpc) is 2.51. The molecule has 1 atom stereocenters. The second-order valence-corrected chi connectivity index (χ2v) is 7.40. The summed E-state index contributed by atoms with van der Waals surface area (Å²) in [5.74, 6) is 0.134. The summed E-state index contributed by atoms with van der Waals surface area (Å²) >= 11 is 1.19. The Bertz CT molecular complexity index is 411. The molecule has 0 bridgehead atoms. The number of nitrogens with one attached hydrogen (secondary N) is 1. The molecule has 23 heavy (non-hydrogen) atoms. The van der Waals surface area contributed by atoms with Crippen molar-refractivity contribution in [2.24, 2.45) is 5.92 Å². The first-order valence-electron chi connectivity index (χ1n) is 8.31. The van der Waals surface area contributed by atoms with Crippen LogP contribution >= 0.6 is 11.8 Å². The highest BCUT2D eigenvalue weighted by atomic mass is 32.2. The Balaban J connectivity index is 2.50. The second-order valence-electron chi connectivity index (χ2n) is 6.13. The van der Waals surface area contributed by atoms with E-state index in [1.54, 1.807) is 4.90 Å². The minimum Gasteiger partial charge on any atom is -0.480 e. The molecule has 0 saturated heterocycles. The van der Waals surface area contributed by atoms with Crippen molar-refractivity contribution in [1.29, 1.82) is 0 Å². The van der Waals surface area contributed by atoms with E-state index in [2.05, 4.69) is 5.32 Å². The fourth-order valence-corrected chi connectivity index (χ4v) is 3.37. The average molecular weight is 344 g/mol. The number of thioether (sulfide) groups is 1. The highest BCUT2D eigenvalue weighted by molar-refractivity contribution is 8.13. The molecule has 0 aromatic carbocycles. The van der Waals surface area contributed by atoms with Crippen molar-refractivity contribution in [1.82, 2.24) is 10.2 Å². The Morgan fingerprint density at radius 2 is 1.87 bits per heavy atom. The van der Waals surface area contributed by atoms with E-state index < -0.39 is 12.0 Å². The molecule has 0 aromatic heterocycles. The number of carboxylic acid groups (broad SMARTS) is 1. The monoisotopic (exact) mass is 344 g/mol. The van der Waals surface area contributed by atoms with Crippen LogP contribution in [-0.2, 0) is 9.59 Å². The molecule has 6 nitrogen and oxygen atoms in total. The maximum Gasteiger partial charge on any atom is 0.325 e. The number of hydrogen-bond acceptors (Lipinski definition) is 4. The first-order valence-corrected chi connectivity index (χ1v) is 9.30. The summed E-state index contributed by atoms with van der Waals surface area (Å²) < 4.78 is 0. The van der Waals surface area contributed by atoms with Gasteiger partial charge in [-0.1, -0.05) is 43.9 Å². The Morgan fingerprint density at radius 3 is 2.43 bits per heavy atom. The van der Waals surface area contributed by atoms with Crippen molar-refractivity contribution in [3.8, 4) is 0 Å². The Morgan fingerprint density at radius 1 is 1.22 bits per heavy atom. The minimum atomic E-state index is -1.05. The van der Waals surface area contributed by atoms with Gasteiger partial charge in [-0.3, -0.25) is 9.59 Å². The van der Waals surface area contributed by atoms with E-state index in [9.17, 15) is 14.4 Å². The van der Waals surface area contributed by atoms with Gasteiger partial charge in [-0.05, 0) is 19.3 Å². The first kappa shape index (κ1) is 19.8. The quantitative estimate of drug-likeness (QED) is 0.707. The highest BCUT2D eigenvalue weighted by Gasteiger charge is 2.21. The van der Waals surface area contributed by atoms with Crippen molar-refractivity contribution in [2.45, 2.75) is 58.4 Å². The molecule has 2 amide bonds. The third-order valence-corrected chi connectivity index (χ3v) is 4.99. The number of rotatable bonds is 8. The molecule has 0 aromatic rings. The molecular weight excluding hydrogens is 316 g/mol. The van der Waals surface area contributed by atoms with Gasteiger partial charge in [-0.15, -0.1) is 0 Å². The molecule has 1 rings (SSSR count). The largest absolute Gasteiger partial charge is 0.480 e. The zero-order valence-electron chi connectivity index (χ0n) is 14.0. The Hall–Kier alpha value is -1.24. The molecule has 1 saturated carbocycles. The van der Waals surface area contributed by atoms with Crippen molar-refractivity contribution in [3.05, 3.63) is 0 Å². The zero-order chi connectivity index (χ0) is 17.2. The van der Waals surface area contributed by atoms with Crippen LogP contribution in [0.15, 0.2) is 0 Å². The molecule has 1 aliphatic carbocycles. The van der Waals surface area contributed by atoms with Crippen molar-refractivity contribution >= 4 is 28.9 Å². The van der Waals surface area contributed by atoms with Crippen LogP contribution in [0.25, 0.3) is 0 Å². The van der Waals surface area contributed by atoms with Gasteiger partial charge in [0.2, 0.25) is 0 Å². The SMILES string of the molecule is CC(=O)SCCN(CCC1CCCCC1)C(=O)NC(C)C(=O)O. The van der Waals surface area contributed by atoms with E-state index in [0.717, 1.165) is 6.42 Å². The molecule has 0 heterocycles. The molecule has 1 fully saturated rings. The Labute approximate surface area is 142 Å². The maximum absolute atomic E-state index is 12.3. The highest BCUT2D eigenvalue weighted by Crippen LogP contribution is 2.26. The number of amides is 2. The number of hydrogen-bond donors (Lipinski definition) is 2. The summed E-state index contributed by atoms with van der Waals surface area (Å²) in [7, 11) is 0. The van der Waals surface area contributed by atoms with Crippen LogP contribution in [-0.4, -0.2) is 52.0 Å². The van der Waals surface area contributed by atoms with Gasteiger partial charge in [0.05, 0.1) is 0 Å². The maximum atomic E-state index is 12.3. The first-order chi connectivity index (χ1) is 10.9. The second kappa shape index (κ2) is 10.5. The molecule has 0 spiro atoms. The molecular formula is C16H28N2O4S. The van der Waals surface area contributed by atoms with Gasteiger partial charge in [-0.2, -0.15) is 0 Å². The molecule has 132 valence electrons. The molecule has 0 radical (unpaired) electrons. The predicted molar refractivity (Wildman–Crippen MR) is 91.5 cm³/mol. The third kappa shape index (κ3) is 8.25. The van der Waals surface area contributed by atoms with E-state index in [0.29, 0.717) is 24.8 Å². The molecule has 7 heteroatoms. The van der Waals surface area contributed by atoms with Crippen LogP contribution in [0, 0.1) is 5.92 Å². The van der Waals surface area contributed by atoms with Crippen molar-refractivity contribution in [3.63, 3.8) is 0 Å². The number of carbonyl (C=O) groups excluding carboxylic acids is 2. The summed E-state index contributed by atoms with van der Waals surface area (Å²) in [5.41, 5.74) is 0. The summed E-state index contributed by atoms with van der Waals surface area (Å²) in [6, 6.07) is -1.28. The predicted octanol–water partition coefficient (Wildman–Crippen LogP) is 2.72. The van der Waals surface area contributed by atoms with Crippen LogP contribution < -0.4 is 5.32 Å². The summed E-state index contributed by atoms with van der Waals surface area (Å²) in [5, 5.41) is 11.4. The molecule has 1 unspecified atom stereocenters. The zero-order valence-corrected chi connectivity index (χ0v) is 14.9. The number of carbonyl (C=O) groups is 3. The lowest BCUT2D eigenvalue weighted by Gasteiger charge is -2.27. The molecule has 2 N–H and O–H groups in total. The van der Waals surface area contributed by atoms with Crippen LogP contribution in [0.2, 0.25) is 0 Å². The number of aliphatic carboxylic acids is 1. The van der Waals surface area contributed by atoms with E-state index in [1.165, 1.54) is 57.7 Å². The van der Waals surface area contributed by atoms with Gasteiger partial charge in [0.1, 0.15) is 6.04 Å². The lowest BCUT2D eigenvalue weighted by Crippen LogP contribution is -2.48. The summed E-state index contributed by atoms with van der Waals surface area (Å²) in [6.45, 7) is 4.02. The minimum absolute atomic E-state index is 0.0246. The van der Waals surface area contributed by atoms with Crippen molar-refractivity contribution in [2.75, 3.05) is 18.8 Å². The molecule has 0 aliphatic heterocycles. The fourth-order valence-electron chi connectivity index (χ4n) is 2.77. The fraction of sp³-hybridized carbons (Fsp3) is 0.812. The van der Waals surface area contributed by atoms with Gasteiger partial charge in [0, 0.05) is 25.8 Å². The smallest absolute Gasteiger partial charge is 0.325 e. The van der Waals surface area contributed by atoms with Crippen LogP contribution in [0.1, 0.15) is 52.4 Å². The van der Waals surface area contributed by atoms with Gasteiger partial charge >= 0.3 is 12.0 Å². The lowest BCUT2D eigenvalue weighted by atomic mass is 9.87. The van der Waals surface area contributed by atoms with Gasteiger partial charge in [0.25, 0.3) is 0 Å². The number of nitrogens with zero attached hydrogens (tertiary/aromatic N) is 1. The standard InChI is InChI=1S/C16H28N2O4S/c1-12(15(20)21)17-16(22)18(10-11-23-13(2)19)9-8-14-6-4-3-5-7-14/h12,14H,3-11H2,1-2H3,(H,17,22)(H,20,21). The van der Waals surface area contributed by atoms with E-state index in [-0.39, 0.29) is 11.1 Å². The van der Waals surface area contributed by atoms with E-state index >= 15 is 0 Å². The van der Waals surface area contributed by atoms with Crippen LogP contribution in [0.5, 0.6) is 0 Å². The van der Waals surface area contributed by atoms with E-state index in [1.807, 2.05) is 0 Å². The number of urea groups is 1. The van der Waals surface area contributed by atoms with E-state index in [4.69, 9.17) is 5.11 Å². The van der Waals surface area contributed by atoms with Crippen molar-refractivity contribution < 1.29 is 19.5 Å². The summed E-state index contributed by atoms with van der Waals surface area (Å²) in [4.78, 5) is 35.8. The summed E-state index contributed by atoms with van der Waals surface area (Å²) in [6.07, 6.45) is 7.18.